The minimum absolute atomic E-state index is 0. The van der Waals surface area contributed by atoms with Gasteiger partial charge in [0, 0.05) is 26.5 Å². The Morgan fingerprint density at radius 3 is 2.19 bits per heavy atom. The number of nitrogens with zero attached hydrogens (tertiary/aromatic N) is 1. The third-order valence-electron chi connectivity index (χ3n) is 9.40. The van der Waals surface area contributed by atoms with E-state index in [1.54, 1.807) is 11.1 Å². The van der Waals surface area contributed by atoms with Crippen molar-refractivity contribution in [2.24, 2.45) is 23.7 Å². The van der Waals surface area contributed by atoms with Crippen molar-refractivity contribution in [3.63, 3.8) is 0 Å². The first kappa shape index (κ1) is 19.4. The van der Waals surface area contributed by atoms with Crippen molar-refractivity contribution in [2.45, 2.75) is 37.5 Å². The summed E-state index contributed by atoms with van der Waals surface area (Å²) in [4.78, 5) is 4.55. The van der Waals surface area contributed by atoms with E-state index in [2.05, 4.69) is 71.7 Å². The Bertz CT molecular complexity index is 1330. The van der Waals surface area contributed by atoms with E-state index in [0.717, 1.165) is 29.2 Å². The van der Waals surface area contributed by atoms with Gasteiger partial charge in [0.1, 0.15) is 0 Å². The smallest absolute Gasteiger partial charge is 0.0272 e. The van der Waals surface area contributed by atoms with Crippen LogP contribution in [-0.2, 0) is 26.5 Å². The molecule has 1 aromatic heterocycles. The van der Waals surface area contributed by atoms with Crippen molar-refractivity contribution in [1.82, 2.24) is 4.98 Å². The summed E-state index contributed by atoms with van der Waals surface area (Å²) < 4.78 is 0. The molecule has 4 aromatic rings. The van der Waals surface area contributed by atoms with E-state index in [9.17, 15) is 0 Å². The van der Waals surface area contributed by atoms with Gasteiger partial charge in [-0.1, -0.05) is 60.7 Å². The van der Waals surface area contributed by atoms with Gasteiger partial charge in [0.15, 0.2) is 0 Å². The Morgan fingerprint density at radius 1 is 0.656 bits per heavy atom. The zero-order valence-electron chi connectivity index (χ0n) is 18.1. The number of aromatic nitrogens is 1. The fourth-order valence-electron chi connectivity index (χ4n) is 8.60. The van der Waals surface area contributed by atoms with Gasteiger partial charge in [-0.15, -0.1) is 5.52 Å². The number of benzene rings is 3. The van der Waals surface area contributed by atoms with Gasteiger partial charge in [0.05, 0.1) is 0 Å². The summed E-state index contributed by atoms with van der Waals surface area (Å²) in [5.74, 6) is 3.60. The number of fused-ring (bicyclic) bond motifs is 4. The van der Waals surface area contributed by atoms with Gasteiger partial charge >= 0.3 is 0 Å². The summed E-state index contributed by atoms with van der Waals surface area (Å²) in [6.07, 6.45) is 9.20. The normalized spacial score (nSPS) is 31.0. The van der Waals surface area contributed by atoms with Gasteiger partial charge < -0.3 is 4.98 Å². The Balaban J connectivity index is 0.00000180. The van der Waals surface area contributed by atoms with Gasteiger partial charge in [0.25, 0.3) is 0 Å². The standard InChI is InChI=1S/C30H26N.W/c1-2-6-27-24(4-1)25-9-8-20(23-5-3-7-29-26(23)10-11-31-29)17-28(25)30(27)21-13-18-12-19(15-21)16-22(30)14-18;/h1-11,17-19,21-22H,12-16H2;/q-1;. The third-order valence-corrected chi connectivity index (χ3v) is 9.40. The van der Waals surface area contributed by atoms with Gasteiger partial charge in [-0.3, -0.25) is 0 Å². The fraction of sp³-hybridized carbons (Fsp3) is 0.333. The van der Waals surface area contributed by atoms with Gasteiger partial charge in [-0.25, -0.2) is 0 Å². The Morgan fingerprint density at radius 2 is 1.38 bits per heavy atom. The SMILES string of the molecule is [W].c1ccc2c(c1)-c1ccc(-c3cccc4[n-]ccc34)cc1C21C2CC3CC(C2)CC1C3. The van der Waals surface area contributed by atoms with Crippen molar-refractivity contribution in [1.29, 1.82) is 0 Å². The van der Waals surface area contributed by atoms with E-state index in [1.165, 1.54) is 59.7 Å². The molecule has 4 fully saturated rings. The summed E-state index contributed by atoms with van der Waals surface area (Å²) in [6, 6.07) is 25.5. The molecule has 1 heterocycles. The van der Waals surface area contributed by atoms with E-state index < -0.39 is 0 Å². The molecule has 3 aromatic carbocycles. The Kier molecular flexibility index (Phi) is 4.06. The topological polar surface area (TPSA) is 14.1 Å². The van der Waals surface area contributed by atoms with Crippen LogP contribution < -0.4 is 4.98 Å². The number of hydrogen-bond donors (Lipinski definition) is 0. The van der Waals surface area contributed by atoms with Gasteiger partial charge in [0.2, 0.25) is 0 Å². The van der Waals surface area contributed by atoms with Crippen LogP contribution in [0.25, 0.3) is 33.2 Å². The van der Waals surface area contributed by atoms with Crippen molar-refractivity contribution in [3.8, 4) is 22.3 Å². The maximum absolute atomic E-state index is 4.55. The molecule has 9 rings (SSSR count). The second-order valence-corrected chi connectivity index (χ2v) is 10.7. The second kappa shape index (κ2) is 6.70. The van der Waals surface area contributed by atoms with Crippen LogP contribution in [0.15, 0.2) is 72.9 Å². The molecular formula is C30H26NW-. The molecule has 0 N–H and O–H groups in total. The number of rotatable bonds is 1. The molecule has 1 spiro atoms. The van der Waals surface area contributed by atoms with E-state index in [-0.39, 0.29) is 26.5 Å². The largest absolute Gasteiger partial charge is 0.664 e. The molecule has 0 aliphatic heterocycles. The molecule has 0 atom stereocenters. The average Bonchev–Trinajstić information content (AvgIpc) is 3.38. The molecule has 158 valence electrons. The van der Waals surface area contributed by atoms with Crippen LogP contribution in [0.4, 0.5) is 0 Å². The maximum Gasteiger partial charge on any atom is 0.0272 e. The molecule has 0 amide bonds. The van der Waals surface area contributed by atoms with Crippen LogP contribution in [0, 0.1) is 23.7 Å². The van der Waals surface area contributed by atoms with Crippen LogP contribution in [0.1, 0.15) is 43.2 Å². The third kappa shape index (κ3) is 2.29. The summed E-state index contributed by atoms with van der Waals surface area (Å²) in [7, 11) is 0. The number of hydrogen-bond acceptors (Lipinski definition) is 0. The molecule has 1 nitrogen and oxygen atoms in total. The predicted molar refractivity (Wildman–Crippen MR) is 126 cm³/mol. The molecule has 5 aliphatic carbocycles. The molecular weight excluding hydrogens is 558 g/mol. The zero-order chi connectivity index (χ0) is 20.2. The van der Waals surface area contributed by atoms with Crippen molar-refractivity contribution >= 4 is 10.9 Å². The quantitative estimate of drug-likeness (QED) is 0.231. The minimum Gasteiger partial charge on any atom is -0.664 e. The second-order valence-electron chi connectivity index (χ2n) is 10.7. The zero-order valence-corrected chi connectivity index (χ0v) is 21.1. The Hall–Kier alpha value is -2.11. The monoisotopic (exact) mass is 584 g/mol. The van der Waals surface area contributed by atoms with E-state index in [4.69, 9.17) is 0 Å². The fourth-order valence-corrected chi connectivity index (χ4v) is 8.60. The van der Waals surface area contributed by atoms with E-state index in [1.807, 2.05) is 6.20 Å². The molecule has 0 radical (unpaired) electrons. The van der Waals surface area contributed by atoms with Crippen LogP contribution >= 0.6 is 0 Å². The summed E-state index contributed by atoms with van der Waals surface area (Å²) in [6.45, 7) is 0. The van der Waals surface area contributed by atoms with Crippen molar-refractivity contribution < 1.29 is 21.1 Å². The minimum atomic E-state index is 0. The van der Waals surface area contributed by atoms with Crippen molar-refractivity contribution in [2.75, 3.05) is 0 Å². The van der Waals surface area contributed by atoms with E-state index >= 15 is 0 Å². The maximum atomic E-state index is 4.55. The Labute approximate surface area is 203 Å². The summed E-state index contributed by atoms with van der Waals surface area (Å²) >= 11 is 0. The molecule has 0 saturated heterocycles. The van der Waals surface area contributed by atoms with Crippen molar-refractivity contribution in [3.05, 3.63) is 84.1 Å². The average molecular weight is 584 g/mol. The molecule has 0 unspecified atom stereocenters. The molecule has 32 heavy (non-hydrogen) atoms. The molecule has 4 bridgehead atoms. The summed E-state index contributed by atoms with van der Waals surface area (Å²) in [5.41, 5.74) is 10.3. The van der Waals surface area contributed by atoms with E-state index in [0.29, 0.717) is 0 Å². The first-order chi connectivity index (χ1) is 15.3. The predicted octanol–water partition coefficient (Wildman–Crippen LogP) is 7.18. The first-order valence-corrected chi connectivity index (χ1v) is 12.1. The van der Waals surface area contributed by atoms with Gasteiger partial charge in [-0.05, 0) is 101 Å². The summed E-state index contributed by atoms with van der Waals surface area (Å²) in [5, 5.41) is 1.28. The van der Waals surface area contributed by atoms with Crippen LogP contribution in [-0.4, -0.2) is 0 Å². The van der Waals surface area contributed by atoms with Crippen LogP contribution in [0.3, 0.4) is 0 Å². The van der Waals surface area contributed by atoms with Crippen LogP contribution in [0.5, 0.6) is 0 Å². The first-order valence-electron chi connectivity index (χ1n) is 12.1. The molecule has 5 aliphatic rings. The molecule has 2 heteroatoms. The molecule has 4 saturated carbocycles. The van der Waals surface area contributed by atoms with Crippen LogP contribution in [0.2, 0.25) is 0 Å². The van der Waals surface area contributed by atoms with Gasteiger partial charge in [-0.2, -0.15) is 6.20 Å².